The summed E-state index contributed by atoms with van der Waals surface area (Å²) in [6.45, 7) is 10.7. The summed E-state index contributed by atoms with van der Waals surface area (Å²) in [7, 11) is 4.18. The second-order valence-electron chi connectivity index (χ2n) is 3.50. The standard InChI is InChI=1S/C9H22N2S.C2H6/c1-5-7-10(3)9(2)6-8-11(4)12;1-2/h9,12H,5-8H2,1-4H3;1-2H3. The largest absolute Gasteiger partial charge is 0.304 e. The third-order valence-electron chi connectivity index (χ3n) is 2.20. The van der Waals surface area contributed by atoms with Gasteiger partial charge < -0.3 is 4.90 Å². The van der Waals surface area contributed by atoms with Crippen LogP contribution in [0.5, 0.6) is 0 Å². The molecule has 0 fully saturated rings. The Hall–Kier alpha value is 0.270. The molecule has 0 aromatic rings. The van der Waals surface area contributed by atoms with Crippen LogP contribution in [-0.4, -0.2) is 42.4 Å². The molecule has 1 atom stereocenters. The highest BCUT2D eigenvalue weighted by molar-refractivity contribution is 7.77. The SMILES string of the molecule is CC.CCCN(C)C(C)CCN(C)S. The molecule has 0 N–H and O–H groups in total. The van der Waals surface area contributed by atoms with Crippen LogP contribution < -0.4 is 0 Å². The Morgan fingerprint density at radius 3 is 2.00 bits per heavy atom. The van der Waals surface area contributed by atoms with Gasteiger partial charge in [-0.2, -0.15) is 0 Å². The topological polar surface area (TPSA) is 6.48 Å². The Balaban J connectivity index is 0. The van der Waals surface area contributed by atoms with Gasteiger partial charge in [-0.3, -0.25) is 4.31 Å². The molecular weight excluding hydrogens is 192 g/mol. The molecule has 0 radical (unpaired) electrons. The lowest BCUT2D eigenvalue weighted by atomic mass is 10.2. The van der Waals surface area contributed by atoms with Crippen molar-refractivity contribution >= 4 is 12.8 Å². The van der Waals surface area contributed by atoms with Crippen molar-refractivity contribution in [2.75, 3.05) is 27.2 Å². The van der Waals surface area contributed by atoms with Crippen molar-refractivity contribution < 1.29 is 0 Å². The van der Waals surface area contributed by atoms with E-state index in [0.717, 1.165) is 6.54 Å². The predicted molar refractivity (Wildman–Crippen MR) is 70.0 cm³/mol. The first-order valence-electron chi connectivity index (χ1n) is 5.68. The molecule has 0 spiro atoms. The minimum atomic E-state index is 0.666. The summed E-state index contributed by atoms with van der Waals surface area (Å²) < 4.78 is 1.94. The second-order valence-corrected chi connectivity index (χ2v) is 4.18. The fourth-order valence-corrected chi connectivity index (χ4v) is 1.28. The van der Waals surface area contributed by atoms with Crippen LogP contribution in [0.4, 0.5) is 0 Å². The van der Waals surface area contributed by atoms with Crippen molar-refractivity contribution in [3.8, 4) is 0 Å². The van der Waals surface area contributed by atoms with Gasteiger partial charge in [0.05, 0.1) is 0 Å². The molecule has 0 saturated heterocycles. The van der Waals surface area contributed by atoms with Crippen LogP contribution in [0.1, 0.15) is 40.5 Å². The Morgan fingerprint density at radius 1 is 1.14 bits per heavy atom. The van der Waals surface area contributed by atoms with E-state index in [1.54, 1.807) is 0 Å². The summed E-state index contributed by atoms with van der Waals surface area (Å²) >= 11 is 4.21. The van der Waals surface area contributed by atoms with Gasteiger partial charge in [0.15, 0.2) is 0 Å². The summed E-state index contributed by atoms with van der Waals surface area (Å²) in [6.07, 6.45) is 2.42. The highest BCUT2D eigenvalue weighted by atomic mass is 32.1. The van der Waals surface area contributed by atoms with Gasteiger partial charge in [0.25, 0.3) is 0 Å². The minimum Gasteiger partial charge on any atom is -0.304 e. The predicted octanol–water partition coefficient (Wildman–Crippen LogP) is 2.91. The molecule has 0 aliphatic rings. The molecule has 0 aliphatic heterocycles. The molecule has 0 aliphatic carbocycles. The van der Waals surface area contributed by atoms with Gasteiger partial charge in [0.1, 0.15) is 0 Å². The summed E-state index contributed by atoms with van der Waals surface area (Å²) in [5.74, 6) is 0. The molecule has 0 aromatic heterocycles. The summed E-state index contributed by atoms with van der Waals surface area (Å²) in [4.78, 5) is 2.40. The van der Waals surface area contributed by atoms with E-state index in [9.17, 15) is 0 Å². The average molecular weight is 220 g/mol. The zero-order valence-electron chi connectivity index (χ0n) is 10.7. The Labute approximate surface area is 96.2 Å². The van der Waals surface area contributed by atoms with Crippen LogP contribution in [0.3, 0.4) is 0 Å². The molecular formula is C11H28N2S. The third kappa shape index (κ3) is 10.4. The smallest absolute Gasteiger partial charge is 0.00986 e. The molecule has 1 unspecified atom stereocenters. The maximum Gasteiger partial charge on any atom is 0.00986 e. The van der Waals surface area contributed by atoms with Gasteiger partial charge in [-0.25, -0.2) is 0 Å². The number of hydrogen-bond donors (Lipinski definition) is 1. The van der Waals surface area contributed by atoms with Crippen molar-refractivity contribution in [3.05, 3.63) is 0 Å². The van der Waals surface area contributed by atoms with Crippen molar-refractivity contribution in [1.29, 1.82) is 0 Å². The maximum atomic E-state index is 4.21. The second kappa shape index (κ2) is 11.3. The molecule has 0 saturated carbocycles. The molecule has 0 bridgehead atoms. The summed E-state index contributed by atoms with van der Waals surface area (Å²) in [5, 5.41) is 0. The van der Waals surface area contributed by atoms with Crippen LogP contribution in [0.2, 0.25) is 0 Å². The van der Waals surface area contributed by atoms with E-state index in [1.165, 1.54) is 19.4 Å². The zero-order chi connectivity index (χ0) is 11.6. The number of hydrogen-bond acceptors (Lipinski definition) is 3. The van der Waals surface area contributed by atoms with Crippen LogP contribution >= 0.6 is 12.8 Å². The Kier molecular flexibility index (Phi) is 13.5. The zero-order valence-corrected chi connectivity index (χ0v) is 11.6. The lowest BCUT2D eigenvalue weighted by Gasteiger charge is -2.24. The Bertz CT molecular complexity index is 107. The molecule has 0 rings (SSSR count). The maximum absolute atomic E-state index is 4.21. The van der Waals surface area contributed by atoms with E-state index < -0.39 is 0 Å². The average Bonchev–Trinajstić information content (AvgIpc) is 2.17. The molecule has 88 valence electrons. The van der Waals surface area contributed by atoms with Crippen molar-refractivity contribution in [2.24, 2.45) is 0 Å². The monoisotopic (exact) mass is 220 g/mol. The summed E-state index contributed by atoms with van der Waals surface area (Å²) in [6, 6.07) is 0.666. The van der Waals surface area contributed by atoms with Gasteiger partial charge in [-0.15, -0.1) is 0 Å². The van der Waals surface area contributed by atoms with Gasteiger partial charge >= 0.3 is 0 Å². The quantitative estimate of drug-likeness (QED) is 0.688. The third-order valence-corrected chi connectivity index (χ3v) is 2.40. The summed E-state index contributed by atoms with van der Waals surface area (Å²) in [5.41, 5.74) is 0. The highest BCUT2D eigenvalue weighted by Gasteiger charge is 2.07. The molecule has 2 nitrogen and oxygen atoms in total. The normalized spacial score (nSPS) is 12.6. The van der Waals surface area contributed by atoms with E-state index in [1.807, 2.05) is 25.2 Å². The first kappa shape index (κ1) is 16.7. The number of thiol groups is 1. The lowest BCUT2D eigenvalue weighted by Crippen LogP contribution is -2.31. The van der Waals surface area contributed by atoms with Gasteiger partial charge in [0.2, 0.25) is 0 Å². The molecule has 0 heterocycles. The van der Waals surface area contributed by atoms with Crippen molar-refractivity contribution in [2.45, 2.75) is 46.6 Å². The molecule has 14 heavy (non-hydrogen) atoms. The van der Waals surface area contributed by atoms with Crippen LogP contribution in [0.25, 0.3) is 0 Å². The first-order valence-corrected chi connectivity index (χ1v) is 6.08. The van der Waals surface area contributed by atoms with E-state index >= 15 is 0 Å². The molecule has 3 heteroatoms. The van der Waals surface area contributed by atoms with E-state index in [0.29, 0.717) is 6.04 Å². The lowest BCUT2D eigenvalue weighted by molar-refractivity contribution is 0.239. The van der Waals surface area contributed by atoms with Gasteiger partial charge in [0, 0.05) is 12.6 Å². The number of rotatable bonds is 6. The highest BCUT2D eigenvalue weighted by Crippen LogP contribution is 2.03. The van der Waals surface area contributed by atoms with Crippen LogP contribution in [-0.2, 0) is 0 Å². The van der Waals surface area contributed by atoms with Crippen LogP contribution in [0, 0.1) is 0 Å². The number of nitrogens with zero attached hydrogens (tertiary/aromatic N) is 2. The van der Waals surface area contributed by atoms with Crippen LogP contribution in [0.15, 0.2) is 0 Å². The van der Waals surface area contributed by atoms with E-state index in [4.69, 9.17) is 0 Å². The van der Waals surface area contributed by atoms with Crippen molar-refractivity contribution in [1.82, 2.24) is 9.21 Å². The molecule has 0 aromatic carbocycles. The van der Waals surface area contributed by atoms with Crippen molar-refractivity contribution in [3.63, 3.8) is 0 Å². The van der Waals surface area contributed by atoms with E-state index in [-0.39, 0.29) is 0 Å². The Morgan fingerprint density at radius 2 is 1.64 bits per heavy atom. The minimum absolute atomic E-state index is 0.666. The molecule has 0 amide bonds. The van der Waals surface area contributed by atoms with Gasteiger partial charge in [-0.1, -0.05) is 33.6 Å². The first-order chi connectivity index (χ1) is 6.57. The van der Waals surface area contributed by atoms with E-state index in [2.05, 4.69) is 38.6 Å². The fraction of sp³-hybridized carbons (Fsp3) is 1.00. The van der Waals surface area contributed by atoms with Gasteiger partial charge in [-0.05, 0) is 40.4 Å². The fourth-order valence-electron chi connectivity index (χ4n) is 1.17.